The van der Waals surface area contributed by atoms with Crippen molar-refractivity contribution >= 4 is 0 Å². The van der Waals surface area contributed by atoms with Crippen LogP contribution in [0.2, 0.25) is 0 Å². The van der Waals surface area contributed by atoms with Crippen molar-refractivity contribution in [1.82, 2.24) is 10.2 Å². The average Bonchev–Trinajstić information content (AvgIpc) is 2.99. The zero-order valence-corrected chi connectivity index (χ0v) is 11.1. The van der Waals surface area contributed by atoms with Gasteiger partial charge < -0.3 is 10.2 Å². The van der Waals surface area contributed by atoms with Crippen LogP contribution in [-0.2, 0) is 0 Å². The highest BCUT2D eigenvalue weighted by Gasteiger charge is 2.21. The van der Waals surface area contributed by atoms with Crippen LogP contribution in [0.3, 0.4) is 0 Å². The van der Waals surface area contributed by atoms with Crippen LogP contribution in [0, 0.1) is 5.92 Å². The van der Waals surface area contributed by atoms with E-state index in [-0.39, 0.29) is 0 Å². The van der Waals surface area contributed by atoms with Gasteiger partial charge in [-0.15, -0.1) is 0 Å². The highest BCUT2D eigenvalue weighted by atomic mass is 15.2. The van der Waals surface area contributed by atoms with Crippen molar-refractivity contribution in [2.24, 2.45) is 5.92 Å². The van der Waals surface area contributed by atoms with Crippen LogP contribution in [0.1, 0.15) is 47.0 Å². The van der Waals surface area contributed by atoms with E-state index in [0.717, 1.165) is 12.0 Å². The topological polar surface area (TPSA) is 15.3 Å². The van der Waals surface area contributed by atoms with Gasteiger partial charge in [0.05, 0.1) is 0 Å². The van der Waals surface area contributed by atoms with Crippen LogP contribution < -0.4 is 5.32 Å². The summed E-state index contributed by atoms with van der Waals surface area (Å²) < 4.78 is 0. The van der Waals surface area contributed by atoms with E-state index < -0.39 is 0 Å². The largest absolute Gasteiger partial charge is 0.314 e. The maximum Gasteiger partial charge on any atom is 0.00897 e. The zero-order chi connectivity index (χ0) is 11.4. The molecular formula is C13H28N2. The molecule has 2 heteroatoms. The molecule has 15 heavy (non-hydrogen) atoms. The average molecular weight is 212 g/mol. The summed E-state index contributed by atoms with van der Waals surface area (Å²) >= 11 is 0. The van der Waals surface area contributed by atoms with Crippen molar-refractivity contribution in [1.29, 1.82) is 0 Å². The van der Waals surface area contributed by atoms with E-state index in [4.69, 9.17) is 0 Å². The van der Waals surface area contributed by atoms with E-state index in [1.165, 1.54) is 25.8 Å². The first-order valence-electron chi connectivity index (χ1n) is 6.47. The second-order valence-electron chi connectivity index (χ2n) is 5.52. The lowest BCUT2D eigenvalue weighted by Gasteiger charge is -2.33. The molecule has 0 radical (unpaired) electrons. The fraction of sp³-hybridized carbons (Fsp3) is 1.00. The normalized spacial score (nSPS) is 21.0. The summed E-state index contributed by atoms with van der Waals surface area (Å²) in [6, 6.07) is 2.22. The van der Waals surface area contributed by atoms with Gasteiger partial charge in [0.2, 0.25) is 0 Å². The molecule has 0 aromatic carbocycles. The van der Waals surface area contributed by atoms with Crippen molar-refractivity contribution in [2.75, 3.05) is 13.6 Å². The molecule has 0 aliphatic heterocycles. The van der Waals surface area contributed by atoms with Gasteiger partial charge in [-0.2, -0.15) is 0 Å². The Balaban J connectivity index is 2.15. The lowest BCUT2D eigenvalue weighted by Crippen LogP contribution is -2.41. The SMILES string of the molecule is CC(C)C(C)N(C)C(C)CCNC1CC1. The lowest BCUT2D eigenvalue weighted by atomic mass is 10.0. The van der Waals surface area contributed by atoms with Crippen molar-refractivity contribution in [3.8, 4) is 0 Å². The first kappa shape index (κ1) is 13.0. The molecule has 1 aliphatic carbocycles. The van der Waals surface area contributed by atoms with Gasteiger partial charge in [0, 0.05) is 18.1 Å². The first-order valence-corrected chi connectivity index (χ1v) is 6.47. The van der Waals surface area contributed by atoms with E-state index >= 15 is 0 Å². The number of nitrogens with one attached hydrogen (secondary N) is 1. The second-order valence-corrected chi connectivity index (χ2v) is 5.52. The molecule has 0 aromatic heterocycles. The molecule has 0 spiro atoms. The summed E-state index contributed by atoms with van der Waals surface area (Å²) in [7, 11) is 2.26. The number of hydrogen-bond acceptors (Lipinski definition) is 2. The molecule has 1 aliphatic rings. The Morgan fingerprint density at radius 1 is 1.20 bits per heavy atom. The number of rotatable bonds is 7. The Morgan fingerprint density at radius 3 is 2.27 bits per heavy atom. The summed E-state index contributed by atoms with van der Waals surface area (Å²) in [6.07, 6.45) is 4.06. The molecule has 0 heterocycles. The smallest absolute Gasteiger partial charge is 0.00897 e. The maximum atomic E-state index is 3.58. The monoisotopic (exact) mass is 212 g/mol. The van der Waals surface area contributed by atoms with Crippen LogP contribution >= 0.6 is 0 Å². The molecule has 2 unspecified atom stereocenters. The lowest BCUT2D eigenvalue weighted by molar-refractivity contribution is 0.151. The molecule has 0 bridgehead atoms. The molecule has 2 nitrogen and oxygen atoms in total. The van der Waals surface area contributed by atoms with Gasteiger partial charge in [-0.3, -0.25) is 0 Å². The fourth-order valence-electron chi connectivity index (χ4n) is 1.86. The third kappa shape index (κ3) is 4.52. The molecule has 1 N–H and O–H groups in total. The third-order valence-electron chi connectivity index (χ3n) is 3.87. The van der Waals surface area contributed by atoms with Gasteiger partial charge in [0.1, 0.15) is 0 Å². The molecule has 1 rings (SSSR count). The van der Waals surface area contributed by atoms with Gasteiger partial charge in [-0.05, 0) is 52.6 Å². The third-order valence-corrected chi connectivity index (χ3v) is 3.87. The summed E-state index contributed by atoms with van der Waals surface area (Å²) in [4.78, 5) is 2.51. The van der Waals surface area contributed by atoms with E-state index in [0.29, 0.717) is 12.1 Å². The molecule has 0 aromatic rings. The summed E-state index contributed by atoms with van der Waals surface area (Å²) in [5.74, 6) is 0.744. The van der Waals surface area contributed by atoms with E-state index in [1.54, 1.807) is 0 Å². The maximum absolute atomic E-state index is 3.58. The van der Waals surface area contributed by atoms with Gasteiger partial charge in [-0.1, -0.05) is 13.8 Å². The quantitative estimate of drug-likeness (QED) is 0.697. The summed E-state index contributed by atoms with van der Waals surface area (Å²) in [5.41, 5.74) is 0. The molecule has 0 amide bonds. The van der Waals surface area contributed by atoms with Crippen LogP contribution in [0.4, 0.5) is 0 Å². The highest BCUT2D eigenvalue weighted by molar-refractivity contribution is 4.81. The van der Waals surface area contributed by atoms with Crippen molar-refractivity contribution in [3.63, 3.8) is 0 Å². The molecule has 90 valence electrons. The summed E-state index contributed by atoms with van der Waals surface area (Å²) in [5, 5.41) is 3.58. The second kappa shape index (κ2) is 5.86. The Labute approximate surface area is 95.4 Å². The predicted octanol–water partition coefficient (Wildman–Crippen LogP) is 2.49. The highest BCUT2D eigenvalue weighted by Crippen LogP contribution is 2.19. The van der Waals surface area contributed by atoms with Crippen molar-refractivity contribution < 1.29 is 0 Å². The minimum atomic E-state index is 0.681. The molecule has 2 atom stereocenters. The number of hydrogen-bond donors (Lipinski definition) is 1. The predicted molar refractivity (Wildman–Crippen MR) is 67.2 cm³/mol. The van der Waals surface area contributed by atoms with E-state index in [2.05, 4.69) is 45.0 Å². The van der Waals surface area contributed by atoms with Crippen molar-refractivity contribution in [2.45, 2.75) is 65.1 Å². The first-order chi connectivity index (χ1) is 7.02. The minimum Gasteiger partial charge on any atom is -0.314 e. The molecular weight excluding hydrogens is 184 g/mol. The fourth-order valence-corrected chi connectivity index (χ4v) is 1.86. The van der Waals surface area contributed by atoms with Crippen LogP contribution in [0.15, 0.2) is 0 Å². The Kier molecular flexibility index (Phi) is 5.07. The summed E-state index contributed by atoms with van der Waals surface area (Å²) in [6.45, 7) is 10.5. The zero-order valence-electron chi connectivity index (χ0n) is 11.1. The molecule has 0 saturated heterocycles. The minimum absolute atomic E-state index is 0.681. The molecule has 1 saturated carbocycles. The van der Waals surface area contributed by atoms with Crippen LogP contribution in [0.5, 0.6) is 0 Å². The van der Waals surface area contributed by atoms with E-state index in [9.17, 15) is 0 Å². The van der Waals surface area contributed by atoms with Crippen molar-refractivity contribution in [3.05, 3.63) is 0 Å². The van der Waals surface area contributed by atoms with Crippen LogP contribution in [0.25, 0.3) is 0 Å². The van der Waals surface area contributed by atoms with E-state index in [1.807, 2.05) is 0 Å². The Morgan fingerprint density at radius 2 is 1.80 bits per heavy atom. The molecule has 1 fully saturated rings. The standard InChI is InChI=1S/C13H28N2/c1-10(2)12(4)15(5)11(3)8-9-14-13-6-7-13/h10-14H,6-9H2,1-5H3. The van der Waals surface area contributed by atoms with Gasteiger partial charge in [-0.25, -0.2) is 0 Å². The Hall–Kier alpha value is -0.0800. The number of nitrogens with zero attached hydrogens (tertiary/aromatic N) is 1. The Bertz CT molecular complexity index is 175. The van der Waals surface area contributed by atoms with Gasteiger partial charge in [0.25, 0.3) is 0 Å². The van der Waals surface area contributed by atoms with Gasteiger partial charge in [0.15, 0.2) is 0 Å². The van der Waals surface area contributed by atoms with Gasteiger partial charge >= 0.3 is 0 Å². The van der Waals surface area contributed by atoms with Crippen LogP contribution in [-0.4, -0.2) is 36.6 Å².